The van der Waals surface area contributed by atoms with Crippen molar-refractivity contribution < 1.29 is 17.9 Å². The van der Waals surface area contributed by atoms with Crippen molar-refractivity contribution in [3.63, 3.8) is 0 Å². The number of hydrogen-bond donors (Lipinski definition) is 1. The van der Waals surface area contributed by atoms with E-state index in [1.807, 2.05) is 0 Å². The Morgan fingerprint density at radius 3 is 2.29 bits per heavy atom. The van der Waals surface area contributed by atoms with Crippen LogP contribution >= 0.6 is 0 Å². The van der Waals surface area contributed by atoms with Crippen molar-refractivity contribution in [3.8, 4) is 5.75 Å². The zero-order valence-corrected chi connectivity index (χ0v) is 17.6. The molecule has 28 heavy (non-hydrogen) atoms. The summed E-state index contributed by atoms with van der Waals surface area (Å²) < 4.78 is 29.9. The van der Waals surface area contributed by atoms with Gasteiger partial charge in [-0.3, -0.25) is 9.10 Å². The van der Waals surface area contributed by atoms with Gasteiger partial charge in [-0.1, -0.05) is 29.8 Å². The van der Waals surface area contributed by atoms with Crippen LogP contribution in [0.3, 0.4) is 0 Å². The van der Waals surface area contributed by atoms with Crippen LogP contribution in [0.5, 0.6) is 5.75 Å². The molecule has 0 saturated carbocycles. The number of nitrogens with zero attached hydrogens (tertiary/aromatic N) is 1. The fraction of sp³-hybridized carbons (Fsp3) is 0.381. The van der Waals surface area contributed by atoms with Gasteiger partial charge in [0, 0.05) is 13.6 Å². The lowest BCUT2D eigenvalue weighted by Gasteiger charge is -2.18. The molecule has 0 fully saturated rings. The molecule has 2 rings (SSSR count). The third-order valence-corrected chi connectivity index (χ3v) is 5.65. The van der Waals surface area contributed by atoms with Crippen molar-refractivity contribution in [2.75, 3.05) is 24.2 Å². The Morgan fingerprint density at radius 1 is 1.11 bits per heavy atom. The summed E-state index contributed by atoms with van der Waals surface area (Å²) >= 11 is 0. The maximum atomic E-state index is 12.2. The molecule has 7 heteroatoms. The second-order valence-corrected chi connectivity index (χ2v) is 8.88. The van der Waals surface area contributed by atoms with E-state index in [0.717, 1.165) is 19.1 Å². The zero-order chi connectivity index (χ0) is 20.7. The Morgan fingerprint density at radius 2 is 1.71 bits per heavy atom. The highest BCUT2D eigenvalue weighted by Crippen LogP contribution is 2.21. The Balaban J connectivity index is 1.77. The van der Waals surface area contributed by atoms with E-state index in [9.17, 15) is 13.2 Å². The fourth-order valence-corrected chi connectivity index (χ4v) is 3.09. The average molecular weight is 405 g/mol. The number of anilines is 1. The van der Waals surface area contributed by atoms with Crippen LogP contribution < -0.4 is 14.4 Å². The fourth-order valence-electron chi connectivity index (χ4n) is 2.59. The number of ether oxygens (including phenoxy) is 1. The third-order valence-electron chi connectivity index (χ3n) is 4.44. The predicted octanol–water partition coefficient (Wildman–Crippen LogP) is 2.91. The minimum atomic E-state index is -3.31. The molecule has 0 aliphatic carbocycles. The van der Waals surface area contributed by atoms with Gasteiger partial charge in [0.15, 0.2) is 6.10 Å². The molecule has 2 aromatic rings. The van der Waals surface area contributed by atoms with Crippen LogP contribution in [0.25, 0.3) is 0 Å². The second kappa shape index (κ2) is 9.59. The van der Waals surface area contributed by atoms with E-state index in [1.165, 1.54) is 22.5 Å². The van der Waals surface area contributed by atoms with E-state index >= 15 is 0 Å². The molecule has 2 aromatic carbocycles. The van der Waals surface area contributed by atoms with E-state index in [4.69, 9.17) is 4.74 Å². The Bertz CT molecular complexity index is 878. The molecule has 0 heterocycles. The molecule has 0 aliphatic rings. The van der Waals surface area contributed by atoms with Crippen LogP contribution in [-0.2, 0) is 21.2 Å². The molecule has 1 N–H and O–H groups in total. The molecule has 0 spiro atoms. The van der Waals surface area contributed by atoms with Crippen molar-refractivity contribution in [2.24, 2.45) is 0 Å². The van der Waals surface area contributed by atoms with Gasteiger partial charge >= 0.3 is 0 Å². The number of sulfonamides is 1. The quantitative estimate of drug-likeness (QED) is 0.652. The SMILES string of the molecule is Cc1ccc(CCCNC(=O)C(C)Oc2ccc(N(C)S(C)(=O)=O)cc2)cc1. The lowest BCUT2D eigenvalue weighted by molar-refractivity contribution is -0.127. The summed E-state index contributed by atoms with van der Waals surface area (Å²) in [5.41, 5.74) is 3.02. The number of benzene rings is 2. The van der Waals surface area contributed by atoms with E-state index in [0.29, 0.717) is 18.0 Å². The van der Waals surface area contributed by atoms with E-state index in [-0.39, 0.29) is 5.91 Å². The first-order valence-electron chi connectivity index (χ1n) is 9.20. The van der Waals surface area contributed by atoms with Crippen LogP contribution in [0.15, 0.2) is 48.5 Å². The van der Waals surface area contributed by atoms with Gasteiger partial charge in [-0.2, -0.15) is 0 Å². The molecule has 6 nitrogen and oxygen atoms in total. The monoisotopic (exact) mass is 404 g/mol. The van der Waals surface area contributed by atoms with Crippen molar-refractivity contribution in [1.82, 2.24) is 5.32 Å². The highest BCUT2D eigenvalue weighted by Gasteiger charge is 2.15. The highest BCUT2D eigenvalue weighted by atomic mass is 32.2. The highest BCUT2D eigenvalue weighted by molar-refractivity contribution is 7.92. The molecular weight excluding hydrogens is 376 g/mol. The number of rotatable bonds is 9. The maximum absolute atomic E-state index is 12.2. The van der Waals surface area contributed by atoms with E-state index in [1.54, 1.807) is 31.2 Å². The maximum Gasteiger partial charge on any atom is 0.260 e. The normalized spacial score (nSPS) is 12.3. The van der Waals surface area contributed by atoms with Crippen molar-refractivity contribution in [1.29, 1.82) is 0 Å². The van der Waals surface area contributed by atoms with E-state index in [2.05, 4.69) is 36.5 Å². The summed E-state index contributed by atoms with van der Waals surface area (Å²) in [6, 6.07) is 15.0. The van der Waals surface area contributed by atoms with Gasteiger partial charge < -0.3 is 10.1 Å². The summed E-state index contributed by atoms with van der Waals surface area (Å²) in [6.45, 7) is 4.33. The standard InChI is InChI=1S/C21H28N2O4S/c1-16-7-9-18(10-8-16)6-5-15-22-21(24)17(2)27-20-13-11-19(12-14-20)23(3)28(4,25)26/h7-14,17H,5-6,15H2,1-4H3,(H,22,24). The number of amides is 1. The van der Waals surface area contributed by atoms with Gasteiger partial charge in [0.2, 0.25) is 10.0 Å². The molecule has 152 valence electrons. The van der Waals surface area contributed by atoms with Crippen LogP contribution in [0.1, 0.15) is 24.5 Å². The van der Waals surface area contributed by atoms with Crippen LogP contribution in [-0.4, -0.2) is 40.3 Å². The number of aryl methyl sites for hydroxylation is 2. The van der Waals surface area contributed by atoms with Crippen LogP contribution in [0.2, 0.25) is 0 Å². The lowest BCUT2D eigenvalue weighted by atomic mass is 10.1. The van der Waals surface area contributed by atoms with Crippen molar-refractivity contribution >= 4 is 21.6 Å². The van der Waals surface area contributed by atoms with Gasteiger partial charge in [-0.25, -0.2) is 8.42 Å². The molecule has 0 aromatic heterocycles. The molecule has 0 aliphatic heterocycles. The zero-order valence-electron chi connectivity index (χ0n) is 16.8. The van der Waals surface area contributed by atoms with Crippen molar-refractivity contribution in [3.05, 3.63) is 59.7 Å². The molecule has 1 atom stereocenters. The first-order chi connectivity index (χ1) is 13.2. The van der Waals surface area contributed by atoms with Gasteiger partial charge in [0.1, 0.15) is 5.75 Å². The van der Waals surface area contributed by atoms with Gasteiger partial charge in [-0.05, 0) is 56.5 Å². The first-order valence-corrected chi connectivity index (χ1v) is 11.1. The molecule has 0 radical (unpaired) electrons. The lowest BCUT2D eigenvalue weighted by Crippen LogP contribution is -2.36. The van der Waals surface area contributed by atoms with Gasteiger partial charge in [-0.15, -0.1) is 0 Å². The van der Waals surface area contributed by atoms with Crippen LogP contribution in [0, 0.1) is 6.92 Å². The first kappa shape index (κ1) is 21.8. The van der Waals surface area contributed by atoms with Crippen molar-refractivity contribution in [2.45, 2.75) is 32.8 Å². The Hall–Kier alpha value is -2.54. The third kappa shape index (κ3) is 6.56. The molecule has 0 bridgehead atoms. The summed E-state index contributed by atoms with van der Waals surface area (Å²) in [5, 5.41) is 2.88. The number of hydrogen-bond acceptors (Lipinski definition) is 4. The topological polar surface area (TPSA) is 75.7 Å². The molecule has 1 unspecified atom stereocenters. The molecule has 1 amide bonds. The van der Waals surface area contributed by atoms with E-state index < -0.39 is 16.1 Å². The largest absolute Gasteiger partial charge is 0.481 e. The molecular formula is C21H28N2O4S. The Kier molecular flexibility index (Phi) is 7.45. The predicted molar refractivity (Wildman–Crippen MR) is 112 cm³/mol. The number of carbonyl (C=O) groups is 1. The summed E-state index contributed by atoms with van der Waals surface area (Å²) in [5.74, 6) is 0.328. The number of nitrogens with one attached hydrogen (secondary N) is 1. The smallest absolute Gasteiger partial charge is 0.260 e. The summed E-state index contributed by atoms with van der Waals surface area (Å²) in [6.07, 6.45) is 2.26. The van der Waals surface area contributed by atoms with Gasteiger partial charge in [0.25, 0.3) is 5.91 Å². The minimum Gasteiger partial charge on any atom is -0.481 e. The number of carbonyl (C=O) groups excluding carboxylic acids is 1. The van der Waals surface area contributed by atoms with Gasteiger partial charge in [0.05, 0.1) is 11.9 Å². The van der Waals surface area contributed by atoms with Crippen LogP contribution in [0.4, 0.5) is 5.69 Å². The summed E-state index contributed by atoms with van der Waals surface area (Å²) in [7, 11) is -1.83. The minimum absolute atomic E-state index is 0.179. The average Bonchev–Trinajstić information content (AvgIpc) is 2.65. The second-order valence-electron chi connectivity index (χ2n) is 6.86. The summed E-state index contributed by atoms with van der Waals surface area (Å²) in [4.78, 5) is 12.2. The Labute approximate surface area is 167 Å². The molecule has 0 saturated heterocycles.